The molecule has 0 radical (unpaired) electrons. The second-order valence-electron chi connectivity index (χ2n) is 4.11. The molecule has 0 aromatic heterocycles. The maximum atomic E-state index is 10.5. The van der Waals surface area contributed by atoms with Gasteiger partial charge in [0.15, 0.2) is 11.5 Å². The topological polar surface area (TPSA) is 84.6 Å². The maximum absolute atomic E-state index is 10.5. The van der Waals surface area contributed by atoms with Gasteiger partial charge in [0.1, 0.15) is 0 Å². The van der Waals surface area contributed by atoms with Crippen LogP contribution in [0.25, 0.3) is 0 Å². The molecule has 0 saturated heterocycles. The van der Waals surface area contributed by atoms with Crippen molar-refractivity contribution in [2.24, 2.45) is 5.73 Å². The number of primary amides is 1. The van der Waals surface area contributed by atoms with Crippen molar-refractivity contribution in [2.45, 2.75) is 25.8 Å². The van der Waals surface area contributed by atoms with Gasteiger partial charge in [-0.2, -0.15) is 0 Å². The number of carbonyl (C=O) groups excluding carboxylic acids is 1. The Labute approximate surface area is 107 Å². The van der Waals surface area contributed by atoms with Crippen molar-refractivity contribution >= 4 is 5.91 Å². The summed E-state index contributed by atoms with van der Waals surface area (Å²) in [5, 5.41) is 12.8. The predicted octanol–water partition coefficient (Wildman–Crippen LogP) is 1.15. The lowest BCUT2D eigenvalue weighted by Crippen LogP contribution is -2.16. The number of nitrogens with one attached hydrogen (secondary N) is 1. The molecule has 5 nitrogen and oxygen atoms in total. The number of nitrogens with two attached hydrogens (primary N) is 1. The highest BCUT2D eigenvalue weighted by Crippen LogP contribution is 2.25. The number of hydrogen-bond acceptors (Lipinski definition) is 4. The van der Waals surface area contributed by atoms with Crippen LogP contribution in [0.2, 0.25) is 0 Å². The van der Waals surface area contributed by atoms with Crippen molar-refractivity contribution < 1.29 is 14.6 Å². The fourth-order valence-corrected chi connectivity index (χ4v) is 1.63. The Bertz CT molecular complexity index is 394. The van der Waals surface area contributed by atoms with Crippen molar-refractivity contribution in [3.05, 3.63) is 23.8 Å². The Morgan fingerprint density at radius 2 is 2.22 bits per heavy atom. The zero-order valence-electron chi connectivity index (χ0n) is 10.6. The van der Waals surface area contributed by atoms with Crippen molar-refractivity contribution in [1.82, 2.24) is 5.32 Å². The minimum absolute atomic E-state index is 0.144. The zero-order chi connectivity index (χ0) is 13.4. The summed E-state index contributed by atoms with van der Waals surface area (Å²) in [6, 6.07) is 5.31. The first kappa shape index (κ1) is 14.3. The van der Waals surface area contributed by atoms with Crippen LogP contribution in [0.1, 0.15) is 24.8 Å². The van der Waals surface area contributed by atoms with Gasteiger partial charge in [-0.25, -0.2) is 0 Å². The number of methoxy groups -OCH3 is 1. The Morgan fingerprint density at radius 1 is 1.44 bits per heavy atom. The van der Waals surface area contributed by atoms with Crippen LogP contribution in [0.5, 0.6) is 11.5 Å². The smallest absolute Gasteiger partial charge is 0.217 e. The summed E-state index contributed by atoms with van der Waals surface area (Å²) >= 11 is 0. The van der Waals surface area contributed by atoms with E-state index in [4.69, 9.17) is 10.5 Å². The molecule has 0 aliphatic carbocycles. The number of unbranched alkanes of at least 4 members (excludes halogenated alkanes) is 1. The summed E-state index contributed by atoms with van der Waals surface area (Å²) < 4.78 is 4.97. The monoisotopic (exact) mass is 252 g/mol. The lowest BCUT2D eigenvalue weighted by molar-refractivity contribution is -0.118. The van der Waals surface area contributed by atoms with E-state index in [1.807, 2.05) is 6.07 Å². The highest BCUT2D eigenvalue weighted by molar-refractivity contribution is 5.73. The van der Waals surface area contributed by atoms with Gasteiger partial charge in [-0.3, -0.25) is 4.79 Å². The van der Waals surface area contributed by atoms with Gasteiger partial charge in [0, 0.05) is 13.0 Å². The molecule has 1 amide bonds. The average Bonchev–Trinajstić information content (AvgIpc) is 2.33. The summed E-state index contributed by atoms with van der Waals surface area (Å²) in [6.07, 6.45) is 2.15. The van der Waals surface area contributed by atoms with Crippen molar-refractivity contribution in [3.63, 3.8) is 0 Å². The second-order valence-corrected chi connectivity index (χ2v) is 4.11. The first-order valence-corrected chi connectivity index (χ1v) is 5.98. The Balaban J connectivity index is 2.23. The molecule has 100 valence electrons. The normalized spacial score (nSPS) is 10.3. The molecule has 0 aliphatic rings. The molecule has 18 heavy (non-hydrogen) atoms. The summed E-state index contributed by atoms with van der Waals surface area (Å²) in [5.74, 6) is 0.362. The molecule has 1 rings (SSSR count). The average molecular weight is 252 g/mol. The number of hydrogen-bond donors (Lipinski definition) is 3. The van der Waals surface area contributed by atoms with E-state index in [1.165, 1.54) is 7.11 Å². The van der Waals surface area contributed by atoms with Gasteiger partial charge in [-0.15, -0.1) is 0 Å². The number of rotatable bonds is 8. The van der Waals surface area contributed by atoms with Gasteiger partial charge in [0.05, 0.1) is 7.11 Å². The first-order chi connectivity index (χ1) is 8.63. The summed E-state index contributed by atoms with van der Waals surface area (Å²) in [5.41, 5.74) is 6.03. The standard InChI is InChI=1S/C13H20N2O3/c1-18-12-6-5-10(8-11(12)16)9-15-7-3-2-4-13(14)17/h5-6,8,15-16H,2-4,7,9H2,1H3,(H2,14,17). The van der Waals surface area contributed by atoms with E-state index in [0.717, 1.165) is 24.9 Å². The number of phenolic OH excluding ortho intramolecular Hbond substituents is 1. The van der Waals surface area contributed by atoms with Crippen LogP contribution in [0, 0.1) is 0 Å². The van der Waals surface area contributed by atoms with Crippen LogP contribution in [-0.2, 0) is 11.3 Å². The molecule has 5 heteroatoms. The van der Waals surface area contributed by atoms with Crippen LogP contribution < -0.4 is 15.8 Å². The first-order valence-electron chi connectivity index (χ1n) is 5.98. The Kier molecular flexibility index (Phi) is 6.00. The van der Waals surface area contributed by atoms with Crippen molar-refractivity contribution in [3.8, 4) is 11.5 Å². The van der Waals surface area contributed by atoms with E-state index in [0.29, 0.717) is 18.7 Å². The summed E-state index contributed by atoms with van der Waals surface area (Å²) in [7, 11) is 1.52. The molecule has 0 bridgehead atoms. The highest BCUT2D eigenvalue weighted by Gasteiger charge is 2.02. The molecule has 0 spiro atoms. The quantitative estimate of drug-likeness (QED) is 0.606. The molecule has 1 aromatic carbocycles. The largest absolute Gasteiger partial charge is 0.504 e. The van der Waals surface area contributed by atoms with E-state index in [-0.39, 0.29) is 11.7 Å². The van der Waals surface area contributed by atoms with Crippen LogP contribution in [0.3, 0.4) is 0 Å². The van der Waals surface area contributed by atoms with Crippen LogP contribution in [0.4, 0.5) is 0 Å². The molecule has 0 unspecified atom stereocenters. The van der Waals surface area contributed by atoms with Gasteiger partial charge in [-0.1, -0.05) is 6.07 Å². The second kappa shape index (κ2) is 7.55. The number of amides is 1. The van der Waals surface area contributed by atoms with Gasteiger partial charge in [-0.05, 0) is 37.1 Å². The molecule has 0 atom stereocenters. The number of phenols is 1. The zero-order valence-corrected chi connectivity index (χ0v) is 10.6. The molecular weight excluding hydrogens is 232 g/mol. The Morgan fingerprint density at radius 3 is 2.83 bits per heavy atom. The van der Waals surface area contributed by atoms with E-state index in [1.54, 1.807) is 12.1 Å². The third-order valence-corrected chi connectivity index (χ3v) is 2.60. The van der Waals surface area contributed by atoms with Crippen molar-refractivity contribution in [2.75, 3.05) is 13.7 Å². The predicted molar refractivity (Wildman–Crippen MR) is 69.4 cm³/mol. The van der Waals surface area contributed by atoms with Gasteiger partial charge in [0.2, 0.25) is 5.91 Å². The van der Waals surface area contributed by atoms with Gasteiger partial charge < -0.3 is 20.9 Å². The SMILES string of the molecule is COc1ccc(CNCCCCC(N)=O)cc1O. The Hall–Kier alpha value is -1.75. The fraction of sp³-hybridized carbons (Fsp3) is 0.462. The minimum atomic E-state index is -0.255. The maximum Gasteiger partial charge on any atom is 0.217 e. The van der Waals surface area contributed by atoms with Gasteiger partial charge in [0.25, 0.3) is 0 Å². The number of ether oxygens (including phenoxy) is 1. The van der Waals surface area contributed by atoms with E-state index in [2.05, 4.69) is 5.32 Å². The molecule has 0 aliphatic heterocycles. The highest BCUT2D eigenvalue weighted by atomic mass is 16.5. The van der Waals surface area contributed by atoms with Crippen LogP contribution in [-0.4, -0.2) is 24.7 Å². The number of carbonyl (C=O) groups is 1. The van der Waals surface area contributed by atoms with Crippen LogP contribution in [0.15, 0.2) is 18.2 Å². The third-order valence-electron chi connectivity index (χ3n) is 2.60. The van der Waals surface area contributed by atoms with E-state index >= 15 is 0 Å². The fourth-order valence-electron chi connectivity index (χ4n) is 1.63. The van der Waals surface area contributed by atoms with Gasteiger partial charge >= 0.3 is 0 Å². The number of benzene rings is 1. The summed E-state index contributed by atoms with van der Waals surface area (Å²) in [4.78, 5) is 10.5. The van der Waals surface area contributed by atoms with Crippen LogP contribution >= 0.6 is 0 Å². The van der Waals surface area contributed by atoms with E-state index < -0.39 is 0 Å². The molecule has 0 fully saturated rings. The van der Waals surface area contributed by atoms with E-state index in [9.17, 15) is 9.90 Å². The molecule has 0 heterocycles. The molecular formula is C13H20N2O3. The minimum Gasteiger partial charge on any atom is -0.504 e. The van der Waals surface area contributed by atoms with Crippen molar-refractivity contribution in [1.29, 1.82) is 0 Å². The molecule has 4 N–H and O–H groups in total. The third kappa shape index (κ3) is 5.05. The molecule has 0 saturated carbocycles. The molecule has 1 aromatic rings. The lowest BCUT2D eigenvalue weighted by atomic mass is 10.2. The number of aromatic hydroxyl groups is 1. The lowest BCUT2D eigenvalue weighted by Gasteiger charge is -2.07. The summed E-state index contributed by atoms with van der Waals surface area (Å²) in [6.45, 7) is 1.49.